The molecule has 1 unspecified atom stereocenters. The molecule has 2 aliphatic rings. The van der Waals surface area contributed by atoms with Crippen molar-refractivity contribution in [2.45, 2.75) is 39.1 Å². The van der Waals surface area contributed by atoms with Crippen LogP contribution in [0.4, 0.5) is 5.82 Å². The fourth-order valence-corrected chi connectivity index (χ4v) is 4.35. The van der Waals surface area contributed by atoms with E-state index in [1.165, 1.54) is 4.90 Å². The van der Waals surface area contributed by atoms with E-state index >= 15 is 0 Å². The van der Waals surface area contributed by atoms with Crippen molar-refractivity contribution in [1.29, 1.82) is 0 Å². The van der Waals surface area contributed by atoms with Crippen LogP contribution in [-0.4, -0.2) is 76.0 Å². The molecule has 0 aliphatic carbocycles. The number of fused-ring (bicyclic) bond motifs is 1. The predicted molar refractivity (Wildman–Crippen MR) is 125 cm³/mol. The molecule has 1 atom stereocenters. The molecule has 1 N–H and O–H groups in total. The first-order chi connectivity index (χ1) is 15.4. The molecule has 1 aromatic heterocycles. The number of aromatic nitrogens is 2. The van der Waals surface area contributed by atoms with Gasteiger partial charge in [-0.1, -0.05) is 18.2 Å². The third kappa shape index (κ3) is 4.25. The molecule has 0 saturated carbocycles. The summed E-state index contributed by atoms with van der Waals surface area (Å²) in [6, 6.07) is 8.05. The summed E-state index contributed by atoms with van der Waals surface area (Å²) in [4.78, 5) is 23.1. The highest BCUT2D eigenvalue weighted by atomic mass is 16.5. The molecule has 8 heteroatoms. The topological polar surface area (TPSA) is 74.1 Å². The summed E-state index contributed by atoms with van der Waals surface area (Å²) in [5.74, 6) is 1.88. The number of hydrogen-bond acceptors (Lipinski definition) is 6. The number of imidazole rings is 1. The van der Waals surface area contributed by atoms with Crippen molar-refractivity contribution in [3.05, 3.63) is 41.3 Å². The fraction of sp³-hybridized carbons (Fsp3) is 0.500. The van der Waals surface area contributed by atoms with Crippen LogP contribution in [0.15, 0.2) is 24.3 Å². The van der Waals surface area contributed by atoms with Gasteiger partial charge in [-0.15, -0.1) is 0 Å². The molecular weight excluding hydrogens is 406 g/mol. The highest BCUT2D eigenvalue weighted by Crippen LogP contribution is 2.30. The zero-order valence-electron chi connectivity index (χ0n) is 19.4. The number of anilines is 1. The van der Waals surface area contributed by atoms with Crippen LogP contribution in [0.25, 0.3) is 12.2 Å². The van der Waals surface area contributed by atoms with Crippen LogP contribution in [0.5, 0.6) is 5.75 Å². The maximum atomic E-state index is 12.9. The van der Waals surface area contributed by atoms with Crippen LogP contribution in [0.2, 0.25) is 0 Å². The number of carbonyl (C=O) groups excluding carboxylic acids is 1. The standard InChI is InChI=1S/C24H33N5O3/c1-5-28-22-21(23(30)29(6-2)24(28)31)27(4)20(25-22)12-9-17-7-10-18(11-8-17)32-19-13-15-26(3)16-14-19/h7-12,19,24,31H,5-6,13-16H2,1-4H3/b12-9+. The Hall–Kier alpha value is -2.84. The van der Waals surface area contributed by atoms with E-state index in [0.29, 0.717) is 30.4 Å². The van der Waals surface area contributed by atoms with E-state index in [1.807, 2.05) is 57.3 Å². The van der Waals surface area contributed by atoms with Crippen molar-refractivity contribution in [2.75, 3.05) is 38.1 Å². The Labute approximate surface area is 189 Å². The Bertz CT molecular complexity index is 976. The summed E-state index contributed by atoms with van der Waals surface area (Å²) in [5.41, 5.74) is 1.52. The molecule has 0 spiro atoms. The van der Waals surface area contributed by atoms with E-state index in [9.17, 15) is 9.90 Å². The van der Waals surface area contributed by atoms with Crippen molar-refractivity contribution in [1.82, 2.24) is 19.4 Å². The predicted octanol–water partition coefficient (Wildman–Crippen LogP) is 2.64. The minimum Gasteiger partial charge on any atom is -0.490 e. The lowest BCUT2D eigenvalue weighted by atomic mass is 10.1. The van der Waals surface area contributed by atoms with Gasteiger partial charge in [0.15, 0.2) is 11.5 Å². The first-order valence-corrected chi connectivity index (χ1v) is 11.4. The van der Waals surface area contributed by atoms with Crippen molar-refractivity contribution >= 4 is 23.9 Å². The van der Waals surface area contributed by atoms with Gasteiger partial charge in [-0.05, 0) is 57.5 Å². The number of hydrogen-bond donors (Lipinski definition) is 1. The zero-order chi connectivity index (χ0) is 22.8. The molecule has 1 fully saturated rings. The summed E-state index contributed by atoms with van der Waals surface area (Å²) in [7, 11) is 3.98. The average molecular weight is 440 g/mol. The van der Waals surface area contributed by atoms with E-state index in [0.717, 1.165) is 37.2 Å². The molecule has 8 nitrogen and oxygen atoms in total. The number of piperidine rings is 1. The molecule has 1 amide bonds. The normalized spacial score (nSPS) is 20.3. The number of aliphatic hydroxyl groups is 1. The zero-order valence-corrected chi connectivity index (χ0v) is 19.4. The van der Waals surface area contributed by atoms with Crippen LogP contribution in [-0.2, 0) is 7.05 Å². The lowest BCUT2D eigenvalue weighted by Gasteiger charge is -2.39. The number of ether oxygens (including phenoxy) is 1. The highest BCUT2D eigenvalue weighted by molar-refractivity contribution is 6.00. The SMILES string of the molecule is CCN1C(=O)c2c(nc(/C=C/c3ccc(OC4CCN(C)CC4)cc3)n2C)N(CC)C1O. The number of aliphatic hydroxyl groups excluding tert-OH is 1. The van der Waals surface area contributed by atoms with Gasteiger partial charge in [0, 0.05) is 33.2 Å². The largest absolute Gasteiger partial charge is 0.490 e. The summed E-state index contributed by atoms with van der Waals surface area (Å²) >= 11 is 0. The molecule has 0 bridgehead atoms. The van der Waals surface area contributed by atoms with Crippen molar-refractivity contribution < 1.29 is 14.6 Å². The Balaban J connectivity index is 1.49. The van der Waals surface area contributed by atoms with Crippen LogP contribution in [0, 0.1) is 0 Å². The highest BCUT2D eigenvalue weighted by Gasteiger charge is 2.39. The third-order valence-corrected chi connectivity index (χ3v) is 6.36. The van der Waals surface area contributed by atoms with Gasteiger partial charge in [0.2, 0.25) is 6.35 Å². The Kier molecular flexibility index (Phi) is 6.53. The average Bonchev–Trinajstić information content (AvgIpc) is 3.11. The molecule has 172 valence electrons. The number of amides is 1. The van der Waals surface area contributed by atoms with Gasteiger partial charge in [-0.2, -0.15) is 0 Å². The van der Waals surface area contributed by atoms with Gasteiger partial charge in [0.1, 0.15) is 17.7 Å². The van der Waals surface area contributed by atoms with Crippen LogP contribution < -0.4 is 9.64 Å². The van der Waals surface area contributed by atoms with Gasteiger partial charge >= 0.3 is 0 Å². The minimum absolute atomic E-state index is 0.204. The Morgan fingerprint density at radius 1 is 1.06 bits per heavy atom. The van der Waals surface area contributed by atoms with Gasteiger partial charge in [-0.25, -0.2) is 4.98 Å². The third-order valence-electron chi connectivity index (χ3n) is 6.36. The molecule has 2 aromatic rings. The van der Waals surface area contributed by atoms with Crippen LogP contribution in [0.3, 0.4) is 0 Å². The number of nitrogens with zero attached hydrogens (tertiary/aromatic N) is 5. The maximum Gasteiger partial charge on any atom is 0.277 e. The van der Waals surface area contributed by atoms with Crippen molar-refractivity contribution in [2.24, 2.45) is 7.05 Å². The van der Waals surface area contributed by atoms with Crippen LogP contribution >= 0.6 is 0 Å². The molecule has 2 aliphatic heterocycles. The molecule has 1 aromatic carbocycles. The van der Waals surface area contributed by atoms with Gasteiger partial charge in [0.05, 0.1) is 0 Å². The summed E-state index contributed by atoms with van der Waals surface area (Å²) in [6.07, 6.45) is 5.27. The lowest BCUT2D eigenvalue weighted by Crippen LogP contribution is -2.55. The first-order valence-electron chi connectivity index (χ1n) is 11.4. The molecular formula is C24H33N5O3. The molecule has 0 radical (unpaired) electrons. The minimum atomic E-state index is -0.992. The number of likely N-dealkylation sites (tertiary alicyclic amines) is 1. The van der Waals surface area contributed by atoms with E-state index < -0.39 is 6.35 Å². The Morgan fingerprint density at radius 3 is 2.34 bits per heavy atom. The molecule has 1 saturated heterocycles. The van der Waals surface area contributed by atoms with E-state index in [2.05, 4.69) is 16.9 Å². The summed E-state index contributed by atoms with van der Waals surface area (Å²) in [5, 5.41) is 10.6. The van der Waals surface area contributed by atoms with Gasteiger partial charge in [-0.3, -0.25) is 9.69 Å². The lowest BCUT2D eigenvalue weighted by molar-refractivity contribution is 0.00343. The molecule has 3 heterocycles. The Morgan fingerprint density at radius 2 is 1.72 bits per heavy atom. The first kappa shape index (κ1) is 22.4. The summed E-state index contributed by atoms with van der Waals surface area (Å²) in [6.45, 7) is 6.93. The van der Waals surface area contributed by atoms with E-state index in [4.69, 9.17) is 4.74 Å². The van der Waals surface area contributed by atoms with E-state index in [-0.39, 0.29) is 12.0 Å². The number of benzene rings is 1. The number of carbonyl (C=O) groups is 1. The van der Waals surface area contributed by atoms with Crippen molar-refractivity contribution in [3.63, 3.8) is 0 Å². The van der Waals surface area contributed by atoms with Crippen LogP contribution in [0.1, 0.15) is 48.6 Å². The van der Waals surface area contributed by atoms with Gasteiger partial charge < -0.3 is 24.2 Å². The quantitative estimate of drug-likeness (QED) is 0.746. The molecule has 32 heavy (non-hydrogen) atoms. The second kappa shape index (κ2) is 9.34. The van der Waals surface area contributed by atoms with E-state index in [1.54, 1.807) is 9.47 Å². The van der Waals surface area contributed by atoms with Crippen molar-refractivity contribution in [3.8, 4) is 5.75 Å². The second-order valence-corrected chi connectivity index (χ2v) is 8.45. The maximum absolute atomic E-state index is 12.9. The monoisotopic (exact) mass is 439 g/mol. The molecule has 4 rings (SSSR count). The second-order valence-electron chi connectivity index (χ2n) is 8.45. The number of rotatable bonds is 6. The summed E-state index contributed by atoms with van der Waals surface area (Å²) < 4.78 is 7.92. The smallest absolute Gasteiger partial charge is 0.277 e. The fourth-order valence-electron chi connectivity index (χ4n) is 4.35. The van der Waals surface area contributed by atoms with Gasteiger partial charge in [0.25, 0.3) is 5.91 Å².